The quantitative estimate of drug-likeness (QED) is 0.663. The fraction of sp³-hybridized carbons (Fsp3) is 0.571. The fourth-order valence-corrected chi connectivity index (χ4v) is 3.05. The van der Waals surface area contributed by atoms with E-state index in [4.69, 9.17) is 0 Å². The zero-order valence-electron chi connectivity index (χ0n) is 9.59. The zero-order chi connectivity index (χ0) is 10.8. The summed E-state index contributed by atoms with van der Waals surface area (Å²) in [4.78, 5) is 0.588. The third-order valence-electron chi connectivity index (χ3n) is 3.59. The number of fused-ring (bicyclic) bond motifs is 1. The van der Waals surface area contributed by atoms with E-state index in [0.29, 0.717) is 10.7 Å². The molecule has 2 rings (SSSR count). The van der Waals surface area contributed by atoms with Crippen molar-refractivity contribution in [3.63, 3.8) is 0 Å². The molecule has 0 aromatic heterocycles. The number of aryl methyl sites for hydroxylation is 1. The van der Waals surface area contributed by atoms with Crippen molar-refractivity contribution in [1.29, 1.82) is 0 Å². The number of halogens is 1. The summed E-state index contributed by atoms with van der Waals surface area (Å²) in [6.07, 6.45) is 5.10. The van der Waals surface area contributed by atoms with Gasteiger partial charge in [-0.3, -0.25) is 0 Å². The Kier molecular flexibility index (Phi) is 3.50. The van der Waals surface area contributed by atoms with Gasteiger partial charge in [0.2, 0.25) is 0 Å². The average molecular weight is 267 g/mol. The summed E-state index contributed by atoms with van der Waals surface area (Å²) in [7, 11) is 0. The maximum Gasteiger partial charge on any atom is 0.0398 e. The molecule has 0 nitrogen and oxygen atoms in total. The predicted octanol–water partition coefficient (Wildman–Crippen LogP) is 4.97. The van der Waals surface area contributed by atoms with E-state index in [0.717, 1.165) is 0 Å². The Hall–Kier alpha value is -0.300. The Morgan fingerprint density at radius 1 is 1.47 bits per heavy atom. The van der Waals surface area contributed by atoms with Crippen LogP contribution in [0.15, 0.2) is 18.2 Å². The van der Waals surface area contributed by atoms with Gasteiger partial charge in [-0.2, -0.15) is 0 Å². The molecule has 1 aromatic carbocycles. The van der Waals surface area contributed by atoms with Gasteiger partial charge in [0, 0.05) is 4.83 Å². The molecule has 0 bridgehead atoms. The van der Waals surface area contributed by atoms with Crippen LogP contribution in [0.3, 0.4) is 0 Å². The molecule has 0 spiro atoms. The molecule has 2 unspecified atom stereocenters. The molecule has 0 amide bonds. The van der Waals surface area contributed by atoms with Crippen LogP contribution in [0.25, 0.3) is 0 Å². The normalized spacial score (nSPS) is 22.2. The van der Waals surface area contributed by atoms with Crippen molar-refractivity contribution in [3.05, 3.63) is 34.9 Å². The highest BCUT2D eigenvalue weighted by molar-refractivity contribution is 9.09. The molecule has 0 fully saturated rings. The third-order valence-corrected chi connectivity index (χ3v) is 4.54. The van der Waals surface area contributed by atoms with Crippen LogP contribution in [-0.2, 0) is 6.42 Å². The van der Waals surface area contributed by atoms with E-state index in [1.807, 2.05) is 0 Å². The number of hydrogen-bond donors (Lipinski definition) is 0. The first-order chi connectivity index (χ1) is 7.22. The molecule has 0 N–H and O–H groups in total. The fourth-order valence-electron chi connectivity index (χ4n) is 2.30. The van der Waals surface area contributed by atoms with Crippen LogP contribution in [0.2, 0.25) is 0 Å². The lowest BCUT2D eigenvalue weighted by Gasteiger charge is -2.23. The lowest BCUT2D eigenvalue weighted by Crippen LogP contribution is -2.06. The highest BCUT2D eigenvalue weighted by Gasteiger charge is 2.18. The topological polar surface area (TPSA) is 0 Å². The van der Waals surface area contributed by atoms with Gasteiger partial charge in [0.1, 0.15) is 0 Å². The van der Waals surface area contributed by atoms with Gasteiger partial charge in [0.15, 0.2) is 0 Å². The van der Waals surface area contributed by atoms with E-state index in [1.54, 1.807) is 11.1 Å². The van der Waals surface area contributed by atoms with Crippen molar-refractivity contribution in [3.8, 4) is 0 Å². The van der Waals surface area contributed by atoms with Crippen molar-refractivity contribution >= 4 is 15.9 Å². The molecule has 82 valence electrons. The first-order valence-electron chi connectivity index (χ1n) is 5.99. The summed E-state index contributed by atoms with van der Waals surface area (Å²) in [6, 6.07) is 7.07. The van der Waals surface area contributed by atoms with Crippen molar-refractivity contribution in [2.45, 2.75) is 50.3 Å². The second kappa shape index (κ2) is 4.69. The van der Waals surface area contributed by atoms with Crippen LogP contribution in [0, 0.1) is 0 Å². The number of alkyl halides is 1. The van der Waals surface area contributed by atoms with Gasteiger partial charge >= 0.3 is 0 Å². The summed E-state index contributed by atoms with van der Waals surface area (Å²) in [6.45, 7) is 4.57. The minimum Gasteiger partial charge on any atom is -0.0839 e. The number of rotatable bonds is 2. The Morgan fingerprint density at radius 2 is 2.27 bits per heavy atom. The van der Waals surface area contributed by atoms with E-state index < -0.39 is 0 Å². The van der Waals surface area contributed by atoms with Gasteiger partial charge in [-0.15, -0.1) is 0 Å². The van der Waals surface area contributed by atoms with Gasteiger partial charge in [-0.05, 0) is 48.3 Å². The molecule has 0 heterocycles. The van der Waals surface area contributed by atoms with E-state index in [2.05, 4.69) is 48.0 Å². The third kappa shape index (κ3) is 2.28. The predicted molar refractivity (Wildman–Crippen MR) is 69.8 cm³/mol. The lowest BCUT2D eigenvalue weighted by atomic mass is 9.87. The molecule has 1 aliphatic rings. The van der Waals surface area contributed by atoms with Gasteiger partial charge in [-0.1, -0.05) is 48.0 Å². The summed E-state index contributed by atoms with van der Waals surface area (Å²) >= 11 is 3.79. The summed E-state index contributed by atoms with van der Waals surface area (Å²) in [5, 5.41) is 0. The van der Waals surface area contributed by atoms with Crippen molar-refractivity contribution in [1.82, 2.24) is 0 Å². The number of hydrogen-bond acceptors (Lipinski definition) is 0. The minimum atomic E-state index is 0.588. The molecule has 1 heteroatoms. The van der Waals surface area contributed by atoms with E-state index in [-0.39, 0.29) is 0 Å². The highest BCUT2D eigenvalue weighted by atomic mass is 79.9. The Morgan fingerprint density at radius 3 is 3.00 bits per heavy atom. The largest absolute Gasteiger partial charge is 0.0839 e. The molecule has 1 aliphatic carbocycles. The number of benzene rings is 1. The molecular weight excluding hydrogens is 248 g/mol. The van der Waals surface area contributed by atoms with Crippen molar-refractivity contribution in [2.24, 2.45) is 0 Å². The smallest absolute Gasteiger partial charge is 0.0398 e. The summed E-state index contributed by atoms with van der Waals surface area (Å²) < 4.78 is 0. The Bertz CT molecular complexity index is 343. The summed E-state index contributed by atoms with van der Waals surface area (Å²) in [5.74, 6) is 0.692. The standard InChI is InChI=1S/C14H19Br/c1-3-10(2)12-8-7-11-5-4-6-14(15)13(11)9-12/h7-10,14H,3-6H2,1-2H3. The van der Waals surface area contributed by atoms with Crippen LogP contribution >= 0.6 is 15.9 Å². The maximum atomic E-state index is 3.79. The zero-order valence-corrected chi connectivity index (χ0v) is 11.2. The van der Waals surface area contributed by atoms with Gasteiger partial charge in [0.25, 0.3) is 0 Å². The maximum absolute atomic E-state index is 3.79. The van der Waals surface area contributed by atoms with Crippen LogP contribution in [-0.4, -0.2) is 0 Å². The molecule has 0 saturated heterocycles. The molecule has 1 aromatic rings. The van der Waals surface area contributed by atoms with E-state index >= 15 is 0 Å². The lowest BCUT2D eigenvalue weighted by molar-refractivity contribution is 0.673. The Balaban J connectivity index is 2.35. The van der Waals surface area contributed by atoms with E-state index in [1.165, 1.54) is 31.2 Å². The van der Waals surface area contributed by atoms with Gasteiger partial charge < -0.3 is 0 Å². The Labute approximate surface area is 101 Å². The second-order valence-corrected chi connectivity index (χ2v) is 5.73. The average Bonchev–Trinajstić information content (AvgIpc) is 2.28. The van der Waals surface area contributed by atoms with Crippen LogP contribution in [0.4, 0.5) is 0 Å². The van der Waals surface area contributed by atoms with Crippen LogP contribution in [0.1, 0.15) is 60.5 Å². The summed E-state index contributed by atoms with van der Waals surface area (Å²) in [5.41, 5.74) is 4.59. The van der Waals surface area contributed by atoms with Crippen LogP contribution < -0.4 is 0 Å². The second-order valence-electron chi connectivity index (χ2n) is 4.63. The van der Waals surface area contributed by atoms with Crippen molar-refractivity contribution in [2.75, 3.05) is 0 Å². The van der Waals surface area contributed by atoms with E-state index in [9.17, 15) is 0 Å². The minimum absolute atomic E-state index is 0.588. The van der Waals surface area contributed by atoms with Gasteiger partial charge in [-0.25, -0.2) is 0 Å². The first-order valence-corrected chi connectivity index (χ1v) is 6.90. The molecule has 2 atom stereocenters. The molecule has 0 aliphatic heterocycles. The first kappa shape index (κ1) is 11.2. The van der Waals surface area contributed by atoms with Gasteiger partial charge in [0.05, 0.1) is 0 Å². The van der Waals surface area contributed by atoms with Crippen LogP contribution in [0.5, 0.6) is 0 Å². The SMILES string of the molecule is CCC(C)c1ccc2c(c1)C(Br)CCC2. The molecular formula is C14H19Br. The molecule has 15 heavy (non-hydrogen) atoms. The highest BCUT2D eigenvalue weighted by Crippen LogP contribution is 2.37. The molecule has 0 radical (unpaired) electrons. The van der Waals surface area contributed by atoms with Crippen molar-refractivity contribution < 1.29 is 0 Å². The molecule has 0 saturated carbocycles. The monoisotopic (exact) mass is 266 g/mol.